The van der Waals surface area contributed by atoms with Crippen LogP contribution < -0.4 is 5.32 Å². The van der Waals surface area contributed by atoms with Gasteiger partial charge in [-0.05, 0) is 30.7 Å². The molecule has 118 valence electrons. The molecule has 2 aromatic heterocycles. The molecule has 1 N–H and O–H groups in total. The number of nitrogens with zero attached hydrogens (tertiary/aromatic N) is 3. The molecule has 3 heterocycles. The summed E-state index contributed by atoms with van der Waals surface area (Å²) in [7, 11) is 0. The summed E-state index contributed by atoms with van der Waals surface area (Å²) in [5.74, 6) is 2.92. The minimum absolute atomic E-state index is 0.406. The fourth-order valence-electron chi connectivity index (χ4n) is 2.92. The number of aryl methyl sites for hydroxylation is 1. The van der Waals surface area contributed by atoms with Crippen molar-refractivity contribution in [2.45, 2.75) is 32.0 Å². The maximum atomic E-state index is 5.95. The number of aromatic nitrogens is 3. The van der Waals surface area contributed by atoms with Crippen LogP contribution in [-0.2, 0) is 19.5 Å². The molecule has 0 saturated heterocycles. The van der Waals surface area contributed by atoms with Crippen molar-refractivity contribution < 1.29 is 4.42 Å². The third-order valence-electron chi connectivity index (χ3n) is 4.14. The van der Waals surface area contributed by atoms with Crippen molar-refractivity contribution in [2.24, 2.45) is 0 Å². The zero-order valence-corrected chi connectivity index (χ0v) is 14.2. The molecule has 0 fully saturated rings. The highest BCUT2D eigenvalue weighted by molar-refractivity contribution is 9.10. The van der Waals surface area contributed by atoms with Crippen molar-refractivity contribution in [1.82, 2.24) is 20.1 Å². The van der Waals surface area contributed by atoms with E-state index in [9.17, 15) is 0 Å². The lowest BCUT2D eigenvalue weighted by Crippen LogP contribution is -2.37. The summed E-state index contributed by atoms with van der Waals surface area (Å²) in [4.78, 5) is 4.26. The number of hydrogen-bond donors (Lipinski definition) is 1. The van der Waals surface area contributed by atoms with Gasteiger partial charge in [0.2, 0.25) is 0 Å². The average Bonchev–Trinajstić information content (AvgIpc) is 3.21. The minimum atomic E-state index is 0.406. The van der Waals surface area contributed by atoms with Crippen LogP contribution in [0.4, 0.5) is 0 Å². The molecule has 1 aromatic carbocycles. The van der Waals surface area contributed by atoms with Gasteiger partial charge in [-0.3, -0.25) is 0 Å². The van der Waals surface area contributed by atoms with Crippen LogP contribution in [0.5, 0.6) is 0 Å². The Kier molecular flexibility index (Phi) is 4.01. The van der Waals surface area contributed by atoms with Crippen LogP contribution >= 0.6 is 15.9 Å². The predicted molar refractivity (Wildman–Crippen MR) is 90.8 cm³/mol. The Balaban J connectivity index is 1.39. The SMILES string of the molecule is Brc1cccc(-c2ccc(CNC3CCc4ncnn4C3)o2)c1. The lowest BCUT2D eigenvalue weighted by molar-refractivity contribution is 0.345. The molecule has 0 saturated carbocycles. The van der Waals surface area contributed by atoms with Crippen molar-refractivity contribution in [3.05, 3.63) is 58.8 Å². The van der Waals surface area contributed by atoms with Gasteiger partial charge in [-0.2, -0.15) is 5.10 Å². The van der Waals surface area contributed by atoms with Gasteiger partial charge in [0.25, 0.3) is 0 Å². The van der Waals surface area contributed by atoms with E-state index in [4.69, 9.17) is 4.42 Å². The Morgan fingerprint density at radius 3 is 3.17 bits per heavy atom. The van der Waals surface area contributed by atoms with Gasteiger partial charge in [-0.25, -0.2) is 9.67 Å². The number of halogens is 1. The van der Waals surface area contributed by atoms with E-state index in [-0.39, 0.29) is 0 Å². The Bertz CT molecular complexity index is 810. The Labute approximate surface area is 142 Å². The fraction of sp³-hybridized carbons (Fsp3) is 0.294. The van der Waals surface area contributed by atoms with Crippen LogP contribution in [0.25, 0.3) is 11.3 Å². The first-order valence-electron chi connectivity index (χ1n) is 7.72. The zero-order valence-electron chi connectivity index (χ0n) is 12.6. The van der Waals surface area contributed by atoms with Crippen LogP contribution in [0.15, 0.2) is 51.6 Å². The molecule has 3 aromatic rings. The number of hydrogen-bond acceptors (Lipinski definition) is 4. The van der Waals surface area contributed by atoms with E-state index >= 15 is 0 Å². The van der Waals surface area contributed by atoms with Gasteiger partial charge in [-0.15, -0.1) is 0 Å². The summed E-state index contributed by atoms with van der Waals surface area (Å²) >= 11 is 3.49. The fourth-order valence-corrected chi connectivity index (χ4v) is 3.32. The predicted octanol–water partition coefficient (Wildman–Crippen LogP) is 3.41. The third kappa shape index (κ3) is 3.23. The quantitative estimate of drug-likeness (QED) is 0.762. The Morgan fingerprint density at radius 2 is 2.26 bits per heavy atom. The van der Waals surface area contributed by atoms with Crippen molar-refractivity contribution in [3.8, 4) is 11.3 Å². The molecule has 0 bridgehead atoms. The number of rotatable bonds is 4. The Morgan fingerprint density at radius 1 is 1.30 bits per heavy atom. The highest BCUT2D eigenvalue weighted by Gasteiger charge is 2.19. The summed E-state index contributed by atoms with van der Waals surface area (Å²) in [6.45, 7) is 1.59. The zero-order chi connectivity index (χ0) is 15.6. The number of benzene rings is 1. The molecular weight excluding hydrogens is 356 g/mol. The van der Waals surface area contributed by atoms with Gasteiger partial charge in [-0.1, -0.05) is 28.1 Å². The van der Waals surface area contributed by atoms with Crippen molar-refractivity contribution >= 4 is 15.9 Å². The first kappa shape index (κ1) is 14.7. The maximum Gasteiger partial charge on any atom is 0.138 e. The monoisotopic (exact) mass is 372 g/mol. The highest BCUT2D eigenvalue weighted by Crippen LogP contribution is 2.25. The molecule has 5 nitrogen and oxygen atoms in total. The van der Waals surface area contributed by atoms with E-state index in [1.165, 1.54) is 0 Å². The molecule has 1 aliphatic rings. The first-order chi connectivity index (χ1) is 11.3. The van der Waals surface area contributed by atoms with E-state index in [0.717, 1.165) is 53.3 Å². The summed E-state index contributed by atoms with van der Waals surface area (Å²) in [5.41, 5.74) is 1.08. The lowest BCUT2D eigenvalue weighted by atomic mass is 10.1. The Hall–Kier alpha value is -1.92. The molecule has 23 heavy (non-hydrogen) atoms. The van der Waals surface area contributed by atoms with Gasteiger partial charge in [0.1, 0.15) is 23.7 Å². The van der Waals surface area contributed by atoms with Crippen LogP contribution in [0, 0.1) is 0 Å². The molecule has 0 spiro atoms. The highest BCUT2D eigenvalue weighted by atomic mass is 79.9. The van der Waals surface area contributed by atoms with Gasteiger partial charge in [0.05, 0.1) is 13.1 Å². The largest absolute Gasteiger partial charge is 0.460 e. The summed E-state index contributed by atoms with van der Waals surface area (Å²) in [5, 5.41) is 7.80. The average molecular weight is 373 g/mol. The standard InChI is InChI=1S/C17H17BrN4O/c18-13-3-1-2-12(8-13)16-6-5-15(23-16)9-19-14-4-7-17-20-11-21-22(17)10-14/h1-3,5-6,8,11,14,19H,4,7,9-10H2. The first-order valence-corrected chi connectivity index (χ1v) is 8.52. The molecular formula is C17H17BrN4O. The van der Waals surface area contributed by atoms with Gasteiger partial charge in [0.15, 0.2) is 0 Å². The molecule has 6 heteroatoms. The van der Waals surface area contributed by atoms with Crippen molar-refractivity contribution in [3.63, 3.8) is 0 Å². The normalized spacial score (nSPS) is 17.2. The molecule has 1 aliphatic heterocycles. The molecule has 1 unspecified atom stereocenters. The van der Waals surface area contributed by atoms with E-state index in [1.54, 1.807) is 6.33 Å². The van der Waals surface area contributed by atoms with Gasteiger partial charge in [0, 0.05) is 22.5 Å². The van der Waals surface area contributed by atoms with Crippen LogP contribution in [0.2, 0.25) is 0 Å². The number of fused-ring (bicyclic) bond motifs is 1. The van der Waals surface area contributed by atoms with E-state index < -0.39 is 0 Å². The number of furan rings is 1. The topological polar surface area (TPSA) is 55.9 Å². The van der Waals surface area contributed by atoms with E-state index in [1.807, 2.05) is 35.0 Å². The second-order valence-corrected chi connectivity index (χ2v) is 6.67. The summed E-state index contributed by atoms with van der Waals surface area (Å²) < 4.78 is 8.99. The smallest absolute Gasteiger partial charge is 0.138 e. The van der Waals surface area contributed by atoms with E-state index in [2.05, 4.69) is 37.4 Å². The van der Waals surface area contributed by atoms with Crippen LogP contribution in [-0.4, -0.2) is 20.8 Å². The third-order valence-corrected chi connectivity index (χ3v) is 4.63. The second kappa shape index (κ2) is 6.29. The van der Waals surface area contributed by atoms with Gasteiger partial charge < -0.3 is 9.73 Å². The lowest BCUT2D eigenvalue weighted by Gasteiger charge is -2.23. The second-order valence-electron chi connectivity index (χ2n) is 5.75. The van der Waals surface area contributed by atoms with Crippen molar-refractivity contribution in [1.29, 1.82) is 0 Å². The molecule has 0 amide bonds. The van der Waals surface area contributed by atoms with Crippen LogP contribution in [0.1, 0.15) is 18.0 Å². The molecule has 4 rings (SSSR count). The van der Waals surface area contributed by atoms with Gasteiger partial charge >= 0.3 is 0 Å². The summed E-state index contributed by atoms with van der Waals surface area (Å²) in [6, 6.07) is 12.6. The summed E-state index contributed by atoms with van der Waals surface area (Å²) in [6.07, 6.45) is 3.69. The minimum Gasteiger partial charge on any atom is -0.460 e. The molecule has 1 atom stereocenters. The maximum absolute atomic E-state index is 5.95. The number of nitrogens with one attached hydrogen (secondary N) is 1. The molecule has 0 radical (unpaired) electrons. The van der Waals surface area contributed by atoms with Crippen LogP contribution in [0.3, 0.4) is 0 Å². The van der Waals surface area contributed by atoms with Crippen molar-refractivity contribution in [2.75, 3.05) is 0 Å². The molecule has 0 aliphatic carbocycles. The van der Waals surface area contributed by atoms with E-state index in [0.29, 0.717) is 6.04 Å².